The zero-order valence-electron chi connectivity index (χ0n) is 21.3. The Balaban J connectivity index is 1.59. The SMILES string of the molecule is Cc1nnn(C)c1-c1cnc2c3c4cnn(C)c4ccc3n(C(c3ccccc3)C3CCOCC3)c2c1. The van der Waals surface area contributed by atoms with Gasteiger partial charge in [0.25, 0.3) is 0 Å². The highest BCUT2D eigenvalue weighted by molar-refractivity contribution is 6.19. The molecule has 0 N–H and O–H groups in total. The molecule has 186 valence electrons. The number of pyridine rings is 1. The maximum absolute atomic E-state index is 5.78. The van der Waals surface area contributed by atoms with Crippen LogP contribution < -0.4 is 0 Å². The normalized spacial score (nSPS) is 15.8. The van der Waals surface area contributed by atoms with Crippen LogP contribution in [0, 0.1) is 12.8 Å². The van der Waals surface area contributed by atoms with E-state index in [0.717, 1.165) is 70.3 Å². The van der Waals surface area contributed by atoms with Gasteiger partial charge < -0.3 is 9.30 Å². The highest BCUT2D eigenvalue weighted by Crippen LogP contribution is 2.43. The lowest BCUT2D eigenvalue weighted by molar-refractivity contribution is 0.0553. The lowest BCUT2D eigenvalue weighted by Crippen LogP contribution is -2.26. The van der Waals surface area contributed by atoms with Crippen molar-refractivity contribution in [2.75, 3.05) is 13.2 Å². The van der Waals surface area contributed by atoms with Crippen molar-refractivity contribution in [2.24, 2.45) is 20.0 Å². The zero-order valence-corrected chi connectivity index (χ0v) is 21.3. The molecule has 7 rings (SSSR count). The second-order valence-electron chi connectivity index (χ2n) is 10.1. The van der Waals surface area contributed by atoms with Gasteiger partial charge in [0.15, 0.2) is 0 Å². The van der Waals surface area contributed by atoms with Crippen LogP contribution in [0.15, 0.2) is 60.9 Å². The number of ether oxygens (including phenoxy) is 1. The second kappa shape index (κ2) is 8.52. The molecule has 0 spiro atoms. The molecule has 1 fully saturated rings. The van der Waals surface area contributed by atoms with Crippen molar-refractivity contribution < 1.29 is 4.74 Å². The van der Waals surface area contributed by atoms with Gasteiger partial charge in [0, 0.05) is 49.8 Å². The topological polar surface area (TPSA) is 75.6 Å². The predicted octanol–water partition coefficient (Wildman–Crippen LogP) is 5.20. The average Bonchev–Trinajstić information content (AvgIpc) is 3.58. The van der Waals surface area contributed by atoms with E-state index < -0.39 is 0 Å². The van der Waals surface area contributed by atoms with Gasteiger partial charge in [-0.3, -0.25) is 9.67 Å². The Morgan fingerprint density at radius 1 is 0.919 bits per heavy atom. The molecular formula is C29H29N7O. The van der Waals surface area contributed by atoms with Crippen molar-refractivity contribution in [2.45, 2.75) is 25.8 Å². The third kappa shape index (κ3) is 3.39. The first-order chi connectivity index (χ1) is 18.1. The summed E-state index contributed by atoms with van der Waals surface area (Å²) in [4.78, 5) is 5.10. The summed E-state index contributed by atoms with van der Waals surface area (Å²) in [6, 6.07) is 17.7. The molecule has 1 saturated heterocycles. The molecule has 8 heteroatoms. The van der Waals surface area contributed by atoms with Gasteiger partial charge in [-0.1, -0.05) is 35.5 Å². The van der Waals surface area contributed by atoms with Gasteiger partial charge in [0.2, 0.25) is 0 Å². The van der Waals surface area contributed by atoms with E-state index in [4.69, 9.17) is 9.72 Å². The first kappa shape index (κ1) is 22.2. The molecule has 0 saturated carbocycles. The van der Waals surface area contributed by atoms with Crippen LogP contribution in [0.25, 0.3) is 44.1 Å². The maximum atomic E-state index is 5.78. The van der Waals surface area contributed by atoms with Crippen LogP contribution in [0.5, 0.6) is 0 Å². The van der Waals surface area contributed by atoms with Crippen LogP contribution in [0.2, 0.25) is 0 Å². The highest BCUT2D eigenvalue weighted by Gasteiger charge is 2.31. The van der Waals surface area contributed by atoms with Gasteiger partial charge in [0.05, 0.1) is 45.7 Å². The molecule has 0 radical (unpaired) electrons. The summed E-state index contributed by atoms with van der Waals surface area (Å²) >= 11 is 0. The average molecular weight is 492 g/mol. The summed E-state index contributed by atoms with van der Waals surface area (Å²) in [5.41, 5.74) is 8.60. The fourth-order valence-corrected chi connectivity index (χ4v) is 6.22. The molecular weight excluding hydrogens is 462 g/mol. The number of aromatic nitrogens is 7. The zero-order chi connectivity index (χ0) is 25.1. The van der Waals surface area contributed by atoms with E-state index in [1.165, 1.54) is 11.1 Å². The minimum Gasteiger partial charge on any atom is -0.381 e. The van der Waals surface area contributed by atoms with Crippen LogP contribution >= 0.6 is 0 Å². The van der Waals surface area contributed by atoms with Crippen LogP contribution in [0.1, 0.15) is 30.1 Å². The van der Waals surface area contributed by atoms with Crippen molar-refractivity contribution >= 4 is 32.8 Å². The first-order valence-corrected chi connectivity index (χ1v) is 12.9. The summed E-state index contributed by atoms with van der Waals surface area (Å²) < 4.78 is 12.1. The van der Waals surface area contributed by atoms with E-state index in [2.05, 4.69) is 68.5 Å². The standard InChI is InChI=1S/C29H29N7O/c1-18-28(35(3)33-32-18)21-15-25-27(30-16-21)26-22-17-31-34(2)23(22)9-10-24(26)36(25)29(19-7-5-4-6-8-19)20-11-13-37-14-12-20/h4-10,15-17,20,29H,11-14H2,1-3H3. The molecule has 37 heavy (non-hydrogen) atoms. The molecule has 4 aromatic heterocycles. The molecule has 2 aromatic carbocycles. The van der Waals surface area contributed by atoms with Crippen LogP contribution in [0.4, 0.5) is 0 Å². The Kier molecular flexibility index (Phi) is 5.11. The molecule has 0 amide bonds. The highest BCUT2D eigenvalue weighted by atomic mass is 16.5. The van der Waals surface area contributed by atoms with Crippen molar-refractivity contribution in [1.82, 2.24) is 34.3 Å². The molecule has 0 bridgehead atoms. The minimum absolute atomic E-state index is 0.155. The Bertz CT molecular complexity index is 1740. The van der Waals surface area contributed by atoms with Crippen molar-refractivity contribution in [3.63, 3.8) is 0 Å². The van der Waals surface area contributed by atoms with E-state index in [0.29, 0.717) is 5.92 Å². The van der Waals surface area contributed by atoms with Crippen LogP contribution in [0.3, 0.4) is 0 Å². The molecule has 5 heterocycles. The largest absolute Gasteiger partial charge is 0.381 e. The molecule has 1 atom stereocenters. The third-order valence-electron chi connectivity index (χ3n) is 7.93. The van der Waals surface area contributed by atoms with Crippen LogP contribution in [-0.4, -0.2) is 47.5 Å². The Hall–Kier alpha value is -4.04. The summed E-state index contributed by atoms with van der Waals surface area (Å²) in [6.45, 7) is 3.58. The van der Waals surface area contributed by atoms with E-state index >= 15 is 0 Å². The Morgan fingerprint density at radius 3 is 2.46 bits per heavy atom. The molecule has 1 unspecified atom stereocenters. The van der Waals surface area contributed by atoms with E-state index in [9.17, 15) is 0 Å². The van der Waals surface area contributed by atoms with E-state index in [1.54, 1.807) is 0 Å². The van der Waals surface area contributed by atoms with Gasteiger partial charge in [-0.15, -0.1) is 5.10 Å². The quantitative estimate of drug-likeness (QED) is 0.339. The van der Waals surface area contributed by atoms with Crippen molar-refractivity contribution in [3.05, 3.63) is 72.2 Å². The summed E-state index contributed by atoms with van der Waals surface area (Å²) in [6.07, 6.45) is 5.97. The number of hydrogen-bond donors (Lipinski definition) is 0. The number of aryl methyl sites for hydroxylation is 3. The number of fused-ring (bicyclic) bond motifs is 5. The van der Waals surface area contributed by atoms with Gasteiger partial charge in [-0.25, -0.2) is 4.68 Å². The number of hydrogen-bond acceptors (Lipinski definition) is 5. The fourth-order valence-electron chi connectivity index (χ4n) is 6.22. The smallest absolute Gasteiger partial charge is 0.0967 e. The van der Waals surface area contributed by atoms with E-state index in [1.807, 2.05) is 42.8 Å². The molecule has 1 aliphatic heterocycles. The molecule has 0 aliphatic carbocycles. The number of benzene rings is 2. The van der Waals surface area contributed by atoms with Crippen LogP contribution in [-0.2, 0) is 18.8 Å². The lowest BCUT2D eigenvalue weighted by Gasteiger charge is -2.33. The molecule has 8 nitrogen and oxygen atoms in total. The summed E-state index contributed by atoms with van der Waals surface area (Å²) in [5.74, 6) is 0.448. The van der Waals surface area contributed by atoms with Crippen molar-refractivity contribution in [1.29, 1.82) is 0 Å². The number of rotatable bonds is 4. The number of nitrogens with zero attached hydrogens (tertiary/aromatic N) is 7. The van der Waals surface area contributed by atoms with Gasteiger partial charge in [-0.05, 0) is 49.4 Å². The van der Waals surface area contributed by atoms with Gasteiger partial charge >= 0.3 is 0 Å². The van der Waals surface area contributed by atoms with Gasteiger partial charge in [0.1, 0.15) is 0 Å². The molecule has 6 aromatic rings. The third-order valence-corrected chi connectivity index (χ3v) is 7.93. The Morgan fingerprint density at radius 2 is 1.70 bits per heavy atom. The first-order valence-electron chi connectivity index (χ1n) is 12.9. The minimum atomic E-state index is 0.155. The van der Waals surface area contributed by atoms with E-state index in [-0.39, 0.29) is 6.04 Å². The summed E-state index contributed by atoms with van der Waals surface area (Å²) in [7, 11) is 3.93. The lowest BCUT2D eigenvalue weighted by atomic mass is 9.86. The van der Waals surface area contributed by atoms with Gasteiger partial charge in [-0.2, -0.15) is 5.10 Å². The fraction of sp³-hybridized carbons (Fsp3) is 0.310. The monoisotopic (exact) mass is 491 g/mol. The summed E-state index contributed by atoms with van der Waals surface area (Å²) in [5, 5.41) is 15.4. The van der Waals surface area contributed by atoms with Crippen molar-refractivity contribution in [3.8, 4) is 11.3 Å². The predicted molar refractivity (Wildman–Crippen MR) is 144 cm³/mol. The Labute approximate surface area is 214 Å². The maximum Gasteiger partial charge on any atom is 0.0967 e. The molecule has 1 aliphatic rings. The second-order valence-corrected chi connectivity index (χ2v) is 10.1.